The Labute approximate surface area is 148 Å². The zero-order valence-electron chi connectivity index (χ0n) is 12.8. The molecule has 2 fully saturated rings. The second kappa shape index (κ2) is 5.22. The van der Waals surface area contributed by atoms with Gasteiger partial charge in [-0.2, -0.15) is 0 Å². The van der Waals surface area contributed by atoms with Crippen LogP contribution in [0.5, 0.6) is 5.75 Å². The first-order valence-corrected chi connectivity index (χ1v) is 9.90. The van der Waals surface area contributed by atoms with Crippen molar-refractivity contribution in [2.75, 3.05) is 0 Å². The lowest BCUT2D eigenvalue weighted by Gasteiger charge is -2.50. The van der Waals surface area contributed by atoms with Crippen LogP contribution < -0.4 is 0 Å². The van der Waals surface area contributed by atoms with Gasteiger partial charge in [0.15, 0.2) is 0 Å². The number of aliphatic hydroxyl groups excluding tert-OH is 1. The van der Waals surface area contributed by atoms with Crippen LogP contribution in [-0.4, -0.2) is 16.3 Å². The third-order valence-electron chi connectivity index (χ3n) is 6.84. The van der Waals surface area contributed by atoms with E-state index in [4.69, 9.17) is 0 Å². The molecule has 0 saturated heterocycles. The molecule has 3 aliphatic rings. The normalized spacial score (nSPS) is 40.0. The van der Waals surface area contributed by atoms with Crippen molar-refractivity contribution in [2.45, 2.75) is 57.5 Å². The van der Waals surface area contributed by atoms with E-state index in [0.29, 0.717) is 23.5 Å². The zero-order valence-corrected chi connectivity index (χ0v) is 16.0. The van der Waals surface area contributed by atoms with E-state index in [1.807, 2.05) is 0 Å². The molecule has 0 radical (unpaired) electrons. The van der Waals surface area contributed by atoms with Crippen LogP contribution in [0.15, 0.2) is 15.0 Å². The van der Waals surface area contributed by atoms with Gasteiger partial charge in [0.25, 0.3) is 0 Å². The van der Waals surface area contributed by atoms with Crippen molar-refractivity contribution >= 4 is 31.9 Å². The summed E-state index contributed by atoms with van der Waals surface area (Å²) in [5.74, 6) is 2.25. The van der Waals surface area contributed by atoms with Gasteiger partial charge in [-0.15, -0.1) is 0 Å². The highest BCUT2D eigenvalue weighted by atomic mass is 79.9. The molecule has 22 heavy (non-hydrogen) atoms. The summed E-state index contributed by atoms with van der Waals surface area (Å²) in [6.07, 6.45) is 6.53. The molecule has 3 aliphatic carbocycles. The van der Waals surface area contributed by atoms with Crippen molar-refractivity contribution in [3.63, 3.8) is 0 Å². The van der Waals surface area contributed by atoms with Gasteiger partial charge in [-0.05, 0) is 111 Å². The van der Waals surface area contributed by atoms with Gasteiger partial charge in [0.2, 0.25) is 0 Å². The van der Waals surface area contributed by atoms with Crippen molar-refractivity contribution in [2.24, 2.45) is 17.3 Å². The number of hydrogen-bond donors (Lipinski definition) is 2. The summed E-state index contributed by atoms with van der Waals surface area (Å²) in [6.45, 7) is 2.31. The maximum atomic E-state index is 10.4. The van der Waals surface area contributed by atoms with E-state index in [-0.39, 0.29) is 11.5 Å². The molecule has 0 heterocycles. The number of phenolic OH excluding ortho intramolecular Hbond substituents is 1. The number of benzene rings is 1. The fourth-order valence-corrected chi connectivity index (χ4v) is 6.96. The number of rotatable bonds is 0. The minimum atomic E-state index is -0.113. The number of aromatic hydroxyl groups is 1. The van der Waals surface area contributed by atoms with Crippen molar-refractivity contribution < 1.29 is 10.2 Å². The summed E-state index contributed by atoms with van der Waals surface area (Å²) in [5, 5.41) is 20.6. The fourth-order valence-electron chi connectivity index (χ4n) is 5.61. The maximum absolute atomic E-state index is 10.4. The lowest BCUT2D eigenvalue weighted by atomic mass is 9.55. The van der Waals surface area contributed by atoms with E-state index in [2.05, 4.69) is 44.8 Å². The summed E-state index contributed by atoms with van der Waals surface area (Å²) in [4.78, 5) is 0. The van der Waals surface area contributed by atoms with Crippen LogP contribution in [0.2, 0.25) is 0 Å². The van der Waals surface area contributed by atoms with Crippen LogP contribution in [0, 0.1) is 17.3 Å². The average Bonchev–Trinajstić information content (AvgIpc) is 2.80. The number of halogens is 2. The lowest BCUT2D eigenvalue weighted by Crippen LogP contribution is -2.44. The monoisotopic (exact) mass is 428 g/mol. The van der Waals surface area contributed by atoms with E-state index in [0.717, 1.165) is 34.6 Å². The van der Waals surface area contributed by atoms with E-state index in [9.17, 15) is 10.2 Å². The molecule has 0 aromatic heterocycles. The second-order valence-corrected chi connectivity index (χ2v) is 9.29. The molecule has 5 atom stereocenters. The van der Waals surface area contributed by atoms with E-state index >= 15 is 0 Å². The predicted octanol–water partition coefficient (Wildman–Crippen LogP) is 5.13. The standard InChI is InChI=1S/C18H22Br2O2/c1-18-7-6-9-10(13(18)4-5-15(18)21)2-3-11-12(9)8-14(19)17(22)16(11)20/h8-10,13,15,21-22H,2-7H2,1H3/t9-,10+,13+,15-,18-/m0/s1. The molecule has 0 amide bonds. The topological polar surface area (TPSA) is 40.5 Å². The van der Waals surface area contributed by atoms with Gasteiger partial charge in [0, 0.05) is 0 Å². The Morgan fingerprint density at radius 3 is 2.73 bits per heavy atom. The molecule has 1 aromatic carbocycles. The third kappa shape index (κ3) is 1.99. The van der Waals surface area contributed by atoms with Gasteiger partial charge in [-0.3, -0.25) is 0 Å². The Kier molecular flexibility index (Phi) is 3.67. The molecule has 2 N–H and O–H groups in total. The largest absolute Gasteiger partial charge is 0.506 e. The summed E-state index contributed by atoms with van der Waals surface area (Å²) in [6, 6.07) is 2.14. The Balaban J connectivity index is 1.76. The first-order valence-electron chi connectivity index (χ1n) is 8.31. The fraction of sp³-hybridized carbons (Fsp3) is 0.667. The Morgan fingerprint density at radius 2 is 1.95 bits per heavy atom. The quantitative estimate of drug-likeness (QED) is 0.599. The van der Waals surface area contributed by atoms with Gasteiger partial charge >= 0.3 is 0 Å². The molecular weight excluding hydrogens is 408 g/mol. The van der Waals surface area contributed by atoms with Gasteiger partial charge < -0.3 is 10.2 Å². The first kappa shape index (κ1) is 15.5. The van der Waals surface area contributed by atoms with Crippen molar-refractivity contribution in [1.82, 2.24) is 0 Å². The molecule has 0 aliphatic heterocycles. The van der Waals surface area contributed by atoms with Gasteiger partial charge in [0.05, 0.1) is 15.0 Å². The van der Waals surface area contributed by atoms with Gasteiger partial charge in [-0.25, -0.2) is 0 Å². The SMILES string of the molecule is C[C@]12CC[C@@H]3c4cc(Br)c(O)c(Br)c4CC[C@H]3[C@H]1CC[C@@H]2O. The van der Waals surface area contributed by atoms with E-state index < -0.39 is 0 Å². The molecule has 0 spiro atoms. The second-order valence-electron chi connectivity index (χ2n) is 7.64. The Morgan fingerprint density at radius 1 is 1.18 bits per heavy atom. The van der Waals surface area contributed by atoms with Crippen LogP contribution in [0.4, 0.5) is 0 Å². The molecule has 1 aromatic rings. The highest BCUT2D eigenvalue weighted by molar-refractivity contribution is 9.11. The molecule has 120 valence electrons. The molecule has 2 nitrogen and oxygen atoms in total. The lowest BCUT2D eigenvalue weighted by molar-refractivity contribution is -0.0226. The highest BCUT2D eigenvalue weighted by Gasteiger charge is 2.54. The number of phenols is 1. The molecule has 0 unspecified atom stereocenters. The molecule has 2 saturated carbocycles. The van der Waals surface area contributed by atoms with Crippen molar-refractivity contribution in [3.8, 4) is 5.75 Å². The van der Waals surface area contributed by atoms with Crippen LogP contribution in [0.25, 0.3) is 0 Å². The highest BCUT2D eigenvalue weighted by Crippen LogP contribution is 2.61. The van der Waals surface area contributed by atoms with E-state index in [1.54, 1.807) is 0 Å². The van der Waals surface area contributed by atoms with Crippen molar-refractivity contribution in [3.05, 3.63) is 26.1 Å². The zero-order chi connectivity index (χ0) is 15.6. The smallest absolute Gasteiger partial charge is 0.144 e. The van der Waals surface area contributed by atoms with Crippen LogP contribution in [0.1, 0.15) is 56.1 Å². The van der Waals surface area contributed by atoms with E-state index in [1.165, 1.54) is 24.0 Å². The van der Waals surface area contributed by atoms with Crippen LogP contribution in [0.3, 0.4) is 0 Å². The minimum absolute atomic E-state index is 0.113. The predicted molar refractivity (Wildman–Crippen MR) is 94.1 cm³/mol. The van der Waals surface area contributed by atoms with Gasteiger partial charge in [0.1, 0.15) is 5.75 Å². The maximum Gasteiger partial charge on any atom is 0.144 e. The van der Waals surface area contributed by atoms with Gasteiger partial charge in [-0.1, -0.05) is 6.92 Å². The first-order chi connectivity index (χ1) is 10.4. The van der Waals surface area contributed by atoms with Crippen LogP contribution in [-0.2, 0) is 6.42 Å². The molecule has 0 bridgehead atoms. The molecule has 4 rings (SSSR count). The molecule has 4 heteroatoms. The number of hydrogen-bond acceptors (Lipinski definition) is 2. The molecular formula is C18H22Br2O2. The van der Waals surface area contributed by atoms with Crippen LogP contribution >= 0.6 is 31.9 Å². The van der Waals surface area contributed by atoms with Crippen molar-refractivity contribution in [1.29, 1.82) is 0 Å². The summed E-state index contributed by atoms with van der Waals surface area (Å²) < 4.78 is 1.66. The number of aliphatic hydroxyl groups is 1. The average molecular weight is 430 g/mol. The third-order valence-corrected chi connectivity index (χ3v) is 8.30. The Hall–Kier alpha value is -0.0600. The summed E-state index contributed by atoms with van der Waals surface area (Å²) in [7, 11) is 0. The summed E-state index contributed by atoms with van der Waals surface area (Å²) in [5.41, 5.74) is 2.84. The Bertz CT molecular complexity index is 630. The summed E-state index contributed by atoms with van der Waals surface area (Å²) >= 11 is 7.09. The number of fused-ring (bicyclic) bond motifs is 5. The minimum Gasteiger partial charge on any atom is -0.506 e.